The fourth-order valence-corrected chi connectivity index (χ4v) is 4.31. The number of carbonyl (C=O) groups is 1. The molecule has 1 aromatic heterocycles. The Bertz CT molecular complexity index is 1270. The predicted molar refractivity (Wildman–Crippen MR) is 124 cm³/mol. The molecule has 3 N–H and O–H groups in total. The number of likely N-dealkylation sites (tertiary alicyclic amines) is 1. The number of carbonyl (C=O) groups excluding carboxylic acids is 1. The van der Waals surface area contributed by atoms with Crippen molar-refractivity contribution >= 4 is 33.9 Å². The van der Waals surface area contributed by atoms with Gasteiger partial charge in [0.2, 0.25) is 0 Å². The van der Waals surface area contributed by atoms with Crippen LogP contribution >= 0.6 is 0 Å². The van der Waals surface area contributed by atoms with Crippen molar-refractivity contribution in [2.45, 2.75) is 18.9 Å². The van der Waals surface area contributed by atoms with Crippen molar-refractivity contribution in [1.29, 1.82) is 0 Å². The van der Waals surface area contributed by atoms with Gasteiger partial charge in [0.05, 0.1) is 11.3 Å². The second-order valence-electron chi connectivity index (χ2n) is 8.37. The molecule has 0 radical (unpaired) electrons. The highest BCUT2D eigenvalue weighted by atomic mass is 19.1. The van der Waals surface area contributed by atoms with Crippen LogP contribution in [-0.4, -0.2) is 65.1 Å². The molecule has 8 nitrogen and oxygen atoms in total. The number of piperidine rings is 1. The standard InChI is InChI=1S/C24H24FN5O3/c1-30-10-8-15(9-11-30)26-20(31)13-33-29-22-16-4-2-3-5-18(16)27-23(22)21-17-12-14(25)6-7-19(17)28-24(21)32/h2-7,12,15,28,32H,8-11,13H2,1H3,(H,26,31). The van der Waals surface area contributed by atoms with Gasteiger partial charge in [-0.05, 0) is 57.2 Å². The van der Waals surface area contributed by atoms with Crippen molar-refractivity contribution in [3.05, 3.63) is 59.4 Å². The lowest BCUT2D eigenvalue weighted by Gasteiger charge is -2.29. The molecule has 0 bridgehead atoms. The lowest BCUT2D eigenvalue weighted by molar-refractivity contribution is -0.126. The molecule has 170 valence electrons. The Balaban J connectivity index is 1.39. The molecule has 2 aromatic carbocycles. The van der Waals surface area contributed by atoms with E-state index in [0.29, 0.717) is 39.1 Å². The Morgan fingerprint density at radius 1 is 1.30 bits per heavy atom. The highest BCUT2D eigenvalue weighted by molar-refractivity contribution is 6.58. The van der Waals surface area contributed by atoms with E-state index < -0.39 is 5.82 Å². The van der Waals surface area contributed by atoms with E-state index in [2.05, 4.69) is 32.4 Å². The maximum Gasteiger partial charge on any atom is 0.260 e. The number of aromatic amines is 1. The SMILES string of the molecule is CN1CCC(NC(=O)CON=C2C(c3c(O)[nH]c4ccc(F)cc34)=Nc3ccccc32)CC1. The van der Waals surface area contributed by atoms with Crippen LogP contribution in [0.1, 0.15) is 24.0 Å². The van der Waals surface area contributed by atoms with Crippen LogP contribution < -0.4 is 5.32 Å². The molecule has 3 aromatic rings. The number of para-hydroxylation sites is 1. The first kappa shape index (κ1) is 21.1. The van der Waals surface area contributed by atoms with Gasteiger partial charge in [-0.2, -0.15) is 0 Å². The molecule has 0 spiro atoms. The highest BCUT2D eigenvalue weighted by Crippen LogP contribution is 2.35. The number of aromatic nitrogens is 1. The molecule has 9 heteroatoms. The van der Waals surface area contributed by atoms with Gasteiger partial charge >= 0.3 is 0 Å². The molecule has 1 saturated heterocycles. The van der Waals surface area contributed by atoms with Gasteiger partial charge in [-0.15, -0.1) is 0 Å². The quantitative estimate of drug-likeness (QED) is 0.521. The van der Waals surface area contributed by atoms with Gasteiger partial charge in [0.25, 0.3) is 5.91 Å². The number of nitrogens with zero attached hydrogens (tertiary/aromatic N) is 3. The Morgan fingerprint density at radius 3 is 2.91 bits per heavy atom. The molecule has 1 fully saturated rings. The van der Waals surface area contributed by atoms with Crippen molar-refractivity contribution in [3.63, 3.8) is 0 Å². The van der Waals surface area contributed by atoms with E-state index in [1.165, 1.54) is 12.1 Å². The highest BCUT2D eigenvalue weighted by Gasteiger charge is 2.29. The molecule has 3 heterocycles. The van der Waals surface area contributed by atoms with E-state index >= 15 is 0 Å². The smallest absolute Gasteiger partial charge is 0.260 e. The molecule has 0 unspecified atom stereocenters. The van der Waals surface area contributed by atoms with Gasteiger partial charge < -0.3 is 25.1 Å². The van der Waals surface area contributed by atoms with Crippen LogP contribution in [0.3, 0.4) is 0 Å². The van der Waals surface area contributed by atoms with E-state index in [9.17, 15) is 14.3 Å². The number of H-pyrrole nitrogens is 1. The molecule has 33 heavy (non-hydrogen) atoms. The minimum absolute atomic E-state index is 0.132. The summed E-state index contributed by atoms with van der Waals surface area (Å²) < 4.78 is 13.9. The lowest BCUT2D eigenvalue weighted by Crippen LogP contribution is -2.44. The molecule has 2 aliphatic rings. The third-order valence-corrected chi connectivity index (χ3v) is 6.03. The zero-order valence-corrected chi connectivity index (χ0v) is 18.1. The number of benzene rings is 2. The maximum atomic E-state index is 13.9. The third-order valence-electron chi connectivity index (χ3n) is 6.03. The molecule has 1 amide bonds. The topological polar surface area (TPSA) is 102 Å². The summed E-state index contributed by atoms with van der Waals surface area (Å²) in [6.45, 7) is 1.65. The van der Waals surface area contributed by atoms with E-state index in [-0.39, 0.29) is 24.4 Å². The van der Waals surface area contributed by atoms with Crippen molar-refractivity contribution in [1.82, 2.24) is 15.2 Å². The first-order chi connectivity index (χ1) is 16.0. The maximum absolute atomic E-state index is 13.9. The van der Waals surface area contributed by atoms with Crippen molar-refractivity contribution < 1.29 is 19.1 Å². The second-order valence-corrected chi connectivity index (χ2v) is 8.37. The summed E-state index contributed by atoms with van der Waals surface area (Å²) in [6.07, 6.45) is 1.80. The van der Waals surface area contributed by atoms with E-state index in [0.717, 1.165) is 25.9 Å². The fraction of sp³-hybridized carbons (Fsp3) is 0.292. The largest absolute Gasteiger partial charge is 0.494 e. The second kappa shape index (κ2) is 8.67. The van der Waals surface area contributed by atoms with E-state index in [4.69, 9.17) is 4.84 Å². The van der Waals surface area contributed by atoms with Gasteiger partial charge in [0, 0.05) is 22.5 Å². The lowest BCUT2D eigenvalue weighted by atomic mass is 10.0. The monoisotopic (exact) mass is 449 g/mol. The molecule has 0 atom stereocenters. The van der Waals surface area contributed by atoms with Crippen molar-refractivity contribution in [2.75, 3.05) is 26.7 Å². The number of hydrogen-bond donors (Lipinski definition) is 3. The van der Waals surface area contributed by atoms with Crippen LogP contribution in [0.2, 0.25) is 0 Å². The average molecular weight is 449 g/mol. The number of fused-ring (bicyclic) bond motifs is 2. The summed E-state index contributed by atoms with van der Waals surface area (Å²) >= 11 is 0. The minimum Gasteiger partial charge on any atom is -0.494 e. The molecule has 5 rings (SSSR count). The Hall–Kier alpha value is -3.72. The normalized spacial score (nSPS) is 17.9. The van der Waals surface area contributed by atoms with Gasteiger partial charge in [-0.25, -0.2) is 9.38 Å². The Morgan fingerprint density at radius 2 is 2.09 bits per heavy atom. The number of hydrogen-bond acceptors (Lipinski definition) is 6. The fourth-order valence-electron chi connectivity index (χ4n) is 4.31. The summed E-state index contributed by atoms with van der Waals surface area (Å²) in [4.78, 5) is 27.5. The summed E-state index contributed by atoms with van der Waals surface area (Å²) in [5.74, 6) is -0.815. The number of oxime groups is 1. The van der Waals surface area contributed by atoms with Crippen LogP contribution in [-0.2, 0) is 9.63 Å². The van der Waals surface area contributed by atoms with E-state index in [1.807, 2.05) is 24.3 Å². The molecule has 0 saturated carbocycles. The van der Waals surface area contributed by atoms with Crippen molar-refractivity contribution in [3.8, 4) is 5.88 Å². The van der Waals surface area contributed by atoms with E-state index in [1.54, 1.807) is 6.07 Å². The summed E-state index contributed by atoms with van der Waals surface area (Å²) in [7, 11) is 2.07. The van der Waals surface area contributed by atoms with Gasteiger partial charge in [0.1, 0.15) is 17.2 Å². The Kier molecular flexibility index (Phi) is 5.55. The zero-order chi connectivity index (χ0) is 22.9. The molecule has 2 aliphatic heterocycles. The Labute approximate surface area is 189 Å². The number of halogens is 1. The summed E-state index contributed by atoms with van der Waals surface area (Å²) in [5, 5.41) is 18.3. The number of rotatable bonds is 5. The third kappa shape index (κ3) is 4.19. The number of nitrogens with one attached hydrogen (secondary N) is 2. The molecular formula is C24H24FN5O3. The van der Waals surface area contributed by atoms with Gasteiger partial charge in [-0.3, -0.25) is 4.79 Å². The minimum atomic E-state index is -0.431. The van der Waals surface area contributed by atoms with Crippen molar-refractivity contribution in [2.24, 2.45) is 10.1 Å². The first-order valence-electron chi connectivity index (χ1n) is 10.9. The van der Waals surface area contributed by atoms with Crippen LogP contribution in [0, 0.1) is 5.82 Å². The number of aliphatic imine (C=N–C) groups is 1. The van der Waals surface area contributed by atoms with Crippen LogP contribution in [0.25, 0.3) is 10.9 Å². The summed E-state index contributed by atoms with van der Waals surface area (Å²) in [5.41, 5.74) is 2.97. The van der Waals surface area contributed by atoms with Crippen LogP contribution in [0.15, 0.2) is 52.6 Å². The molecular weight excluding hydrogens is 425 g/mol. The van der Waals surface area contributed by atoms with Gasteiger partial charge in [0.15, 0.2) is 12.5 Å². The predicted octanol–water partition coefficient (Wildman–Crippen LogP) is 3.08. The number of aromatic hydroxyl groups is 1. The van der Waals surface area contributed by atoms with Gasteiger partial charge in [-0.1, -0.05) is 23.4 Å². The molecule has 0 aliphatic carbocycles. The zero-order valence-electron chi connectivity index (χ0n) is 18.1. The first-order valence-corrected chi connectivity index (χ1v) is 10.9. The number of amides is 1. The summed E-state index contributed by atoms with van der Waals surface area (Å²) in [6, 6.07) is 11.7. The average Bonchev–Trinajstić information content (AvgIpc) is 3.31. The van der Waals surface area contributed by atoms with Crippen LogP contribution in [0.5, 0.6) is 5.88 Å². The van der Waals surface area contributed by atoms with Crippen LogP contribution in [0.4, 0.5) is 10.1 Å².